The maximum atomic E-state index is 5.91. The van der Waals surface area contributed by atoms with E-state index >= 15 is 0 Å². The van der Waals surface area contributed by atoms with Gasteiger partial charge in [-0.2, -0.15) is 0 Å². The van der Waals surface area contributed by atoms with E-state index in [0.717, 1.165) is 12.2 Å². The van der Waals surface area contributed by atoms with Crippen molar-refractivity contribution in [2.24, 2.45) is 5.73 Å². The normalized spacial score (nSPS) is 10.5. The lowest BCUT2D eigenvalue weighted by Gasteiger charge is -2.12. The molecule has 0 aliphatic heterocycles. The zero-order valence-electron chi connectivity index (χ0n) is 11.6. The lowest BCUT2D eigenvalue weighted by atomic mass is 10.1. The molecular weight excluding hydrogens is 234 g/mol. The molecular formula is C17H21NO. The van der Waals surface area contributed by atoms with Gasteiger partial charge in [0.05, 0.1) is 0 Å². The lowest BCUT2D eigenvalue weighted by molar-refractivity contribution is 0.303. The van der Waals surface area contributed by atoms with Crippen LogP contribution in [0.5, 0.6) is 5.75 Å². The van der Waals surface area contributed by atoms with Crippen LogP contribution in [0.2, 0.25) is 0 Å². The molecule has 19 heavy (non-hydrogen) atoms. The minimum atomic E-state index is 0.615. The zero-order valence-corrected chi connectivity index (χ0v) is 11.6. The number of hydrogen-bond donors (Lipinski definition) is 1. The molecule has 0 amide bonds. The van der Waals surface area contributed by atoms with Gasteiger partial charge < -0.3 is 10.5 Å². The largest absolute Gasteiger partial charge is 0.489 e. The Kier molecular flexibility index (Phi) is 4.58. The number of benzene rings is 2. The van der Waals surface area contributed by atoms with Crippen molar-refractivity contribution in [1.82, 2.24) is 0 Å². The van der Waals surface area contributed by atoms with E-state index in [0.29, 0.717) is 13.2 Å². The molecule has 100 valence electrons. The van der Waals surface area contributed by atoms with Crippen LogP contribution in [0, 0.1) is 13.8 Å². The van der Waals surface area contributed by atoms with E-state index in [4.69, 9.17) is 10.5 Å². The summed E-state index contributed by atoms with van der Waals surface area (Å²) in [7, 11) is 0. The molecule has 0 aliphatic carbocycles. The van der Waals surface area contributed by atoms with Crippen molar-refractivity contribution in [2.45, 2.75) is 26.9 Å². The van der Waals surface area contributed by atoms with Crippen molar-refractivity contribution in [3.8, 4) is 5.75 Å². The van der Waals surface area contributed by atoms with Crippen molar-refractivity contribution < 1.29 is 4.74 Å². The summed E-state index contributed by atoms with van der Waals surface area (Å²) in [6.07, 6.45) is 0.916. The Morgan fingerprint density at radius 3 is 2.47 bits per heavy atom. The molecule has 0 fully saturated rings. The Morgan fingerprint density at radius 1 is 1.00 bits per heavy atom. The van der Waals surface area contributed by atoms with Gasteiger partial charge in [-0.3, -0.25) is 0 Å². The fraction of sp³-hybridized carbons (Fsp3) is 0.294. The summed E-state index contributed by atoms with van der Waals surface area (Å²) in [5.74, 6) is 0.948. The second-order valence-electron chi connectivity index (χ2n) is 4.85. The molecule has 0 saturated carbocycles. The Labute approximate surface area is 115 Å². The van der Waals surface area contributed by atoms with Crippen LogP contribution in [0.15, 0.2) is 42.5 Å². The molecule has 2 heteroatoms. The fourth-order valence-electron chi connectivity index (χ4n) is 2.12. The van der Waals surface area contributed by atoms with Gasteiger partial charge in [0.15, 0.2) is 0 Å². The summed E-state index contributed by atoms with van der Waals surface area (Å²) in [6.45, 7) is 5.48. The van der Waals surface area contributed by atoms with Crippen LogP contribution in [0.25, 0.3) is 0 Å². The van der Waals surface area contributed by atoms with Gasteiger partial charge >= 0.3 is 0 Å². The first-order valence-electron chi connectivity index (χ1n) is 6.67. The van der Waals surface area contributed by atoms with E-state index in [9.17, 15) is 0 Å². The van der Waals surface area contributed by atoms with Gasteiger partial charge in [-0.05, 0) is 55.1 Å². The molecule has 0 heterocycles. The average Bonchev–Trinajstić information content (AvgIpc) is 2.40. The molecule has 0 radical (unpaired) electrons. The highest BCUT2D eigenvalue weighted by Crippen LogP contribution is 2.21. The number of ether oxygens (including phenoxy) is 1. The predicted octanol–water partition coefficient (Wildman–Crippen LogP) is 3.38. The third kappa shape index (κ3) is 3.58. The molecule has 0 spiro atoms. The van der Waals surface area contributed by atoms with Gasteiger partial charge in [0.1, 0.15) is 12.4 Å². The Morgan fingerprint density at radius 2 is 1.79 bits per heavy atom. The molecule has 2 N–H and O–H groups in total. The third-order valence-electron chi connectivity index (χ3n) is 3.32. The molecule has 0 aromatic heterocycles. The fourth-order valence-corrected chi connectivity index (χ4v) is 2.12. The van der Waals surface area contributed by atoms with Crippen molar-refractivity contribution in [3.05, 3.63) is 64.7 Å². The van der Waals surface area contributed by atoms with Crippen LogP contribution >= 0.6 is 0 Å². The first kappa shape index (κ1) is 13.6. The summed E-state index contributed by atoms with van der Waals surface area (Å²) in [5, 5.41) is 0. The maximum Gasteiger partial charge on any atom is 0.122 e. The third-order valence-corrected chi connectivity index (χ3v) is 3.32. The SMILES string of the molecule is Cc1ccccc1COc1ccc(CCN)cc1C. The molecule has 0 saturated heterocycles. The molecule has 2 aromatic rings. The second kappa shape index (κ2) is 6.39. The van der Waals surface area contributed by atoms with Gasteiger partial charge in [0, 0.05) is 0 Å². The number of aryl methyl sites for hydroxylation is 2. The predicted molar refractivity (Wildman–Crippen MR) is 79.4 cm³/mol. The lowest BCUT2D eigenvalue weighted by Crippen LogP contribution is -2.03. The van der Waals surface area contributed by atoms with E-state index < -0.39 is 0 Å². The standard InChI is InChI=1S/C17H21NO/c1-13-5-3-4-6-16(13)12-19-17-8-7-15(9-10-18)11-14(17)2/h3-8,11H,9-10,12,18H2,1-2H3. The van der Waals surface area contributed by atoms with Crippen LogP contribution < -0.4 is 10.5 Å². The van der Waals surface area contributed by atoms with E-state index in [-0.39, 0.29) is 0 Å². The van der Waals surface area contributed by atoms with Gasteiger partial charge in [-0.25, -0.2) is 0 Å². The van der Waals surface area contributed by atoms with E-state index in [1.165, 1.54) is 22.3 Å². The van der Waals surface area contributed by atoms with Crippen molar-refractivity contribution in [2.75, 3.05) is 6.54 Å². The summed E-state index contributed by atoms with van der Waals surface area (Å²) in [5.41, 5.74) is 10.5. The van der Waals surface area contributed by atoms with Crippen molar-refractivity contribution >= 4 is 0 Å². The summed E-state index contributed by atoms with van der Waals surface area (Å²) < 4.78 is 5.91. The minimum Gasteiger partial charge on any atom is -0.489 e. The van der Waals surface area contributed by atoms with Crippen LogP contribution in [-0.2, 0) is 13.0 Å². The average molecular weight is 255 g/mol. The molecule has 0 bridgehead atoms. The first-order valence-corrected chi connectivity index (χ1v) is 6.67. The highest BCUT2D eigenvalue weighted by atomic mass is 16.5. The molecule has 0 aliphatic rings. The molecule has 0 atom stereocenters. The Bertz CT molecular complexity index is 549. The number of rotatable bonds is 5. The van der Waals surface area contributed by atoms with Crippen LogP contribution in [0.1, 0.15) is 22.3 Å². The topological polar surface area (TPSA) is 35.2 Å². The van der Waals surface area contributed by atoms with Crippen LogP contribution in [0.3, 0.4) is 0 Å². The minimum absolute atomic E-state index is 0.615. The van der Waals surface area contributed by atoms with Gasteiger partial charge in [-0.1, -0.05) is 36.4 Å². The Balaban J connectivity index is 2.06. The second-order valence-corrected chi connectivity index (χ2v) is 4.85. The van der Waals surface area contributed by atoms with Gasteiger partial charge in [0.25, 0.3) is 0 Å². The molecule has 2 rings (SSSR count). The molecule has 2 nitrogen and oxygen atoms in total. The summed E-state index contributed by atoms with van der Waals surface area (Å²) in [6, 6.07) is 14.6. The Hall–Kier alpha value is -1.80. The number of hydrogen-bond acceptors (Lipinski definition) is 2. The van der Waals surface area contributed by atoms with E-state index in [2.05, 4.69) is 38.1 Å². The van der Waals surface area contributed by atoms with Crippen LogP contribution in [0.4, 0.5) is 0 Å². The highest BCUT2D eigenvalue weighted by molar-refractivity contribution is 5.37. The molecule has 2 aromatic carbocycles. The summed E-state index contributed by atoms with van der Waals surface area (Å²) >= 11 is 0. The van der Waals surface area contributed by atoms with Crippen molar-refractivity contribution in [1.29, 1.82) is 0 Å². The maximum absolute atomic E-state index is 5.91. The van der Waals surface area contributed by atoms with Gasteiger partial charge in [-0.15, -0.1) is 0 Å². The van der Waals surface area contributed by atoms with Gasteiger partial charge in [0.2, 0.25) is 0 Å². The molecule has 0 unspecified atom stereocenters. The van der Waals surface area contributed by atoms with E-state index in [1.807, 2.05) is 18.2 Å². The van der Waals surface area contributed by atoms with Crippen LogP contribution in [-0.4, -0.2) is 6.54 Å². The highest BCUT2D eigenvalue weighted by Gasteiger charge is 2.03. The smallest absolute Gasteiger partial charge is 0.122 e. The van der Waals surface area contributed by atoms with E-state index in [1.54, 1.807) is 0 Å². The van der Waals surface area contributed by atoms with Crippen molar-refractivity contribution in [3.63, 3.8) is 0 Å². The first-order chi connectivity index (χ1) is 9.20. The zero-order chi connectivity index (χ0) is 13.7. The monoisotopic (exact) mass is 255 g/mol. The summed E-state index contributed by atoms with van der Waals surface area (Å²) in [4.78, 5) is 0. The number of nitrogens with two attached hydrogens (primary N) is 1. The quantitative estimate of drug-likeness (QED) is 0.889.